The number of aliphatic carboxylic acids is 1. The SMILES string of the molecule is Cc1c[nH]cc1C(=O)N1CCC[C@H](C(=O)O)C1. The smallest absolute Gasteiger partial charge is 0.308 e. The maximum absolute atomic E-state index is 12.2. The van der Waals surface area contributed by atoms with E-state index in [1.807, 2.05) is 6.92 Å². The van der Waals surface area contributed by atoms with Crippen LogP contribution in [-0.4, -0.2) is 40.0 Å². The van der Waals surface area contributed by atoms with Gasteiger partial charge in [-0.25, -0.2) is 0 Å². The van der Waals surface area contributed by atoms with Crippen LogP contribution in [0.3, 0.4) is 0 Å². The zero-order chi connectivity index (χ0) is 12.4. The third kappa shape index (κ3) is 2.33. The van der Waals surface area contributed by atoms with Crippen LogP contribution in [-0.2, 0) is 4.79 Å². The molecule has 0 bridgehead atoms. The van der Waals surface area contributed by atoms with E-state index in [9.17, 15) is 9.59 Å². The van der Waals surface area contributed by atoms with Crippen LogP contribution in [0.25, 0.3) is 0 Å². The van der Waals surface area contributed by atoms with Crippen LogP contribution in [0.5, 0.6) is 0 Å². The molecule has 1 atom stereocenters. The van der Waals surface area contributed by atoms with Gasteiger partial charge >= 0.3 is 5.97 Å². The van der Waals surface area contributed by atoms with E-state index in [-0.39, 0.29) is 5.91 Å². The van der Waals surface area contributed by atoms with E-state index in [2.05, 4.69) is 4.98 Å². The fourth-order valence-corrected chi connectivity index (χ4v) is 2.21. The van der Waals surface area contributed by atoms with E-state index in [4.69, 9.17) is 5.11 Å². The number of carboxylic acids is 1. The molecule has 17 heavy (non-hydrogen) atoms. The Kier molecular flexibility index (Phi) is 3.17. The van der Waals surface area contributed by atoms with Gasteiger partial charge in [0.15, 0.2) is 0 Å². The van der Waals surface area contributed by atoms with Crippen LogP contribution in [0, 0.1) is 12.8 Å². The summed E-state index contributed by atoms with van der Waals surface area (Å²) >= 11 is 0. The molecule has 92 valence electrons. The summed E-state index contributed by atoms with van der Waals surface area (Å²) in [6, 6.07) is 0. The van der Waals surface area contributed by atoms with Crippen LogP contribution in [0.2, 0.25) is 0 Å². The number of amides is 1. The lowest BCUT2D eigenvalue weighted by Crippen LogP contribution is -2.42. The van der Waals surface area contributed by atoms with E-state index < -0.39 is 11.9 Å². The molecule has 0 spiro atoms. The highest BCUT2D eigenvalue weighted by Gasteiger charge is 2.29. The highest BCUT2D eigenvalue weighted by Crippen LogP contribution is 2.19. The van der Waals surface area contributed by atoms with E-state index in [0.717, 1.165) is 12.0 Å². The molecule has 0 unspecified atom stereocenters. The Balaban J connectivity index is 2.10. The summed E-state index contributed by atoms with van der Waals surface area (Å²) in [5, 5.41) is 8.98. The van der Waals surface area contributed by atoms with Gasteiger partial charge in [0.25, 0.3) is 5.91 Å². The van der Waals surface area contributed by atoms with Crippen LogP contribution in [0.4, 0.5) is 0 Å². The Labute approximate surface area is 99.4 Å². The predicted octanol–water partition coefficient (Wildman–Crippen LogP) is 1.26. The average Bonchev–Trinajstić information content (AvgIpc) is 2.74. The van der Waals surface area contributed by atoms with Crippen molar-refractivity contribution >= 4 is 11.9 Å². The molecular formula is C12H16N2O3. The summed E-state index contributed by atoms with van der Waals surface area (Å²) in [6.07, 6.45) is 4.85. The number of rotatable bonds is 2. The summed E-state index contributed by atoms with van der Waals surface area (Å²) in [4.78, 5) is 27.6. The lowest BCUT2D eigenvalue weighted by Gasteiger charge is -2.30. The van der Waals surface area contributed by atoms with Crippen molar-refractivity contribution in [3.63, 3.8) is 0 Å². The number of aromatic nitrogens is 1. The first kappa shape index (κ1) is 11.7. The molecule has 1 aromatic heterocycles. The minimum Gasteiger partial charge on any atom is -0.481 e. The van der Waals surface area contributed by atoms with Crippen LogP contribution in [0.15, 0.2) is 12.4 Å². The van der Waals surface area contributed by atoms with Gasteiger partial charge in [-0.15, -0.1) is 0 Å². The number of carboxylic acid groups (broad SMARTS) is 1. The van der Waals surface area contributed by atoms with Gasteiger partial charge in [0.1, 0.15) is 0 Å². The average molecular weight is 236 g/mol. The van der Waals surface area contributed by atoms with Crippen molar-refractivity contribution in [2.24, 2.45) is 5.92 Å². The first-order chi connectivity index (χ1) is 8.09. The second kappa shape index (κ2) is 4.61. The highest BCUT2D eigenvalue weighted by atomic mass is 16.4. The summed E-state index contributed by atoms with van der Waals surface area (Å²) in [5.74, 6) is -1.31. The van der Waals surface area contributed by atoms with Gasteiger partial charge in [0, 0.05) is 25.5 Å². The monoisotopic (exact) mass is 236 g/mol. The fourth-order valence-electron chi connectivity index (χ4n) is 2.21. The van der Waals surface area contributed by atoms with Crippen molar-refractivity contribution in [1.82, 2.24) is 9.88 Å². The molecule has 0 saturated carbocycles. The topological polar surface area (TPSA) is 73.4 Å². The quantitative estimate of drug-likeness (QED) is 0.811. The van der Waals surface area contributed by atoms with Crippen LogP contribution in [0.1, 0.15) is 28.8 Å². The molecule has 1 saturated heterocycles. The first-order valence-electron chi connectivity index (χ1n) is 5.75. The molecule has 0 radical (unpaired) electrons. The molecule has 0 aromatic carbocycles. The molecule has 0 aliphatic carbocycles. The Morgan fingerprint density at radius 1 is 1.47 bits per heavy atom. The second-order valence-corrected chi connectivity index (χ2v) is 4.48. The first-order valence-corrected chi connectivity index (χ1v) is 5.75. The molecule has 5 heteroatoms. The van der Waals surface area contributed by atoms with Crippen molar-refractivity contribution in [2.75, 3.05) is 13.1 Å². The number of hydrogen-bond acceptors (Lipinski definition) is 2. The maximum Gasteiger partial charge on any atom is 0.308 e. The third-order valence-corrected chi connectivity index (χ3v) is 3.24. The van der Waals surface area contributed by atoms with Gasteiger partial charge in [-0.05, 0) is 25.3 Å². The Bertz CT molecular complexity index is 439. The highest BCUT2D eigenvalue weighted by molar-refractivity contribution is 5.95. The number of piperidine rings is 1. The number of nitrogens with one attached hydrogen (secondary N) is 1. The molecule has 1 amide bonds. The van der Waals surface area contributed by atoms with Crippen molar-refractivity contribution < 1.29 is 14.7 Å². The lowest BCUT2D eigenvalue weighted by molar-refractivity contribution is -0.143. The summed E-state index contributed by atoms with van der Waals surface area (Å²) in [5.41, 5.74) is 1.53. The minimum atomic E-state index is -0.812. The van der Waals surface area contributed by atoms with Crippen LogP contribution < -0.4 is 0 Å². The zero-order valence-corrected chi connectivity index (χ0v) is 9.77. The van der Waals surface area contributed by atoms with Gasteiger partial charge in [0.05, 0.1) is 11.5 Å². The number of hydrogen-bond donors (Lipinski definition) is 2. The van der Waals surface area contributed by atoms with Gasteiger partial charge in [-0.3, -0.25) is 9.59 Å². The zero-order valence-electron chi connectivity index (χ0n) is 9.77. The van der Waals surface area contributed by atoms with Crippen molar-refractivity contribution in [2.45, 2.75) is 19.8 Å². The van der Waals surface area contributed by atoms with Gasteiger partial charge < -0.3 is 15.0 Å². The van der Waals surface area contributed by atoms with E-state index >= 15 is 0 Å². The Morgan fingerprint density at radius 3 is 2.82 bits per heavy atom. The summed E-state index contributed by atoms with van der Waals surface area (Å²) in [6.45, 7) is 2.83. The number of carbonyl (C=O) groups is 2. The van der Waals surface area contributed by atoms with Gasteiger partial charge in [0.2, 0.25) is 0 Å². The molecule has 1 aliphatic rings. The van der Waals surface area contributed by atoms with Crippen molar-refractivity contribution in [3.8, 4) is 0 Å². The van der Waals surface area contributed by atoms with E-state index in [0.29, 0.717) is 25.1 Å². The number of carbonyl (C=O) groups excluding carboxylic acids is 1. The van der Waals surface area contributed by atoms with Crippen molar-refractivity contribution in [3.05, 3.63) is 23.5 Å². The molecule has 2 heterocycles. The number of nitrogens with zero attached hydrogens (tertiary/aromatic N) is 1. The molecule has 2 N–H and O–H groups in total. The predicted molar refractivity (Wildman–Crippen MR) is 61.8 cm³/mol. The lowest BCUT2D eigenvalue weighted by atomic mass is 9.97. The largest absolute Gasteiger partial charge is 0.481 e. The number of aryl methyl sites for hydroxylation is 1. The molecule has 2 rings (SSSR count). The van der Waals surface area contributed by atoms with Crippen LogP contribution >= 0.6 is 0 Å². The number of H-pyrrole nitrogens is 1. The minimum absolute atomic E-state index is 0.0744. The summed E-state index contributed by atoms with van der Waals surface area (Å²) < 4.78 is 0. The fraction of sp³-hybridized carbons (Fsp3) is 0.500. The van der Waals surface area contributed by atoms with Gasteiger partial charge in [-0.2, -0.15) is 0 Å². The van der Waals surface area contributed by atoms with Gasteiger partial charge in [-0.1, -0.05) is 0 Å². The molecule has 1 aliphatic heterocycles. The Hall–Kier alpha value is -1.78. The van der Waals surface area contributed by atoms with Crippen molar-refractivity contribution in [1.29, 1.82) is 0 Å². The standard InChI is InChI=1S/C12H16N2O3/c1-8-5-13-6-10(8)11(15)14-4-2-3-9(7-14)12(16)17/h5-6,9,13H,2-4,7H2,1H3,(H,16,17)/t9-/m0/s1. The second-order valence-electron chi connectivity index (χ2n) is 4.48. The molecule has 1 fully saturated rings. The van der Waals surface area contributed by atoms with E-state index in [1.165, 1.54) is 0 Å². The normalized spacial score (nSPS) is 20.3. The maximum atomic E-state index is 12.2. The molecule has 1 aromatic rings. The third-order valence-electron chi connectivity index (χ3n) is 3.24. The summed E-state index contributed by atoms with van der Waals surface area (Å²) in [7, 11) is 0. The number of likely N-dealkylation sites (tertiary alicyclic amines) is 1. The molecule has 5 nitrogen and oxygen atoms in total. The number of aromatic amines is 1. The van der Waals surface area contributed by atoms with E-state index in [1.54, 1.807) is 17.3 Å². The molecular weight excluding hydrogens is 220 g/mol. The Morgan fingerprint density at radius 2 is 2.24 bits per heavy atom.